The van der Waals surface area contributed by atoms with Gasteiger partial charge >= 0.3 is 0 Å². The monoisotopic (exact) mass is 326 g/mol. The van der Waals surface area contributed by atoms with Gasteiger partial charge in [0.15, 0.2) is 0 Å². The highest BCUT2D eigenvalue weighted by molar-refractivity contribution is 7.98. The lowest BCUT2D eigenvalue weighted by Crippen LogP contribution is -2.34. The lowest BCUT2D eigenvalue weighted by atomic mass is 9.81. The van der Waals surface area contributed by atoms with Gasteiger partial charge in [0, 0.05) is 35.9 Å². The van der Waals surface area contributed by atoms with Crippen molar-refractivity contribution in [1.82, 2.24) is 4.90 Å². The van der Waals surface area contributed by atoms with Crippen molar-refractivity contribution in [1.29, 1.82) is 0 Å². The molecule has 0 aliphatic carbocycles. The van der Waals surface area contributed by atoms with E-state index in [1.165, 1.54) is 21.6 Å². The zero-order valence-corrected chi connectivity index (χ0v) is 14.2. The van der Waals surface area contributed by atoms with Crippen LogP contribution in [0.15, 0.2) is 53.4 Å². The number of thioether (sulfide) groups is 1. The van der Waals surface area contributed by atoms with Crippen molar-refractivity contribution in [3.05, 3.63) is 65.2 Å². The zero-order chi connectivity index (χ0) is 15.8. The third-order valence-corrected chi connectivity index (χ3v) is 6.12. The van der Waals surface area contributed by atoms with Gasteiger partial charge in [0.1, 0.15) is 0 Å². The fourth-order valence-corrected chi connectivity index (χ4v) is 4.63. The van der Waals surface area contributed by atoms with E-state index < -0.39 is 0 Å². The van der Waals surface area contributed by atoms with Crippen LogP contribution in [0.25, 0.3) is 0 Å². The summed E-state index contributed by atoms with van der Waals surface area (Å²) in [7, 11) is 0. The summed E-state index contributed by atoms with van der Waals surface area (Å²) in [5.41, 5.74) is 4.22. The van der Waals surface area contributed by atoms with Crippen molar-refractivity contribution < 1.29 is 4.39 Å². The average molecular weight is 326 g/mol. The van der Waals surface area contributed by atoms with Gasteiger partial charge in [-0.05, 0) is 41.5 Å². The van der Waals surface area contributed by atoms with Crippen LogP contribution in [0.5, 0.6) is 0 Å². The van der Waals surface area contributed by atoms with E-state index >= 15 is 0 Å². The molecule has 2 aromatic rings. The molecule has 0 N–H and O–H groups in total. The maximum absolute atomic E-state index is 13.2. The van der Waals surface area contributed by atoms with E-state index in [1.807, 2.05) is 0 Å². The van der Waals surface area contributed by atoms with Gasteiger partial charge in [0.05, 0.1) is 6.67 Å². The van der Waals surface area contributed by atoms with E-state index in [2.05, 4.69) is 59.7 Å². The minimum atomic E-state index is -0.192. The smallest absolute Gasteiger partial charge is 0.0935 e. The van der Waals surface area contributed by atoms with Crippen LogP contribution in [-0.4, -0.2) is 30.9 Å². The lowest BCUT2D eigenvalue weighted by Gasteiger charge is -2.37. The molecule has 4 rings (SSSR count). The quantitative estimate of drug-likeness (QED) is 0.739. The van der Waals surface area contributed by atoms with Crippen molar-refractivity contribution in [3.8, 4) is 0 Å². The molecule has 0 radical (unpaired) electrons. The number of nitrogens with zero attached hydrogens (tertiary/aromatic N) is 1. The second-order valence-corrected chi connectivity index (χ2v) is 7.56. The topological polar surface area (TPSA) is 3.24 Å². The molecule has 1 fully saturated rings. The number of rotatable bonds is 3. The standard InChI is InChI=1S/C20H22FNS/c1-23-16-8-6-15(7-9-16)19-13-22-12-14(11-21)10-20(22)18-5-3-2-4-17(18)19/h2-9,14,19-20H,10-13H2,1H3/t14?,19-,20+/m0/s1/i21-1. The Kier molecular flexibility index (Phi) is 4.16. The Morgan fingerprint density at radius 2 is 1.78 bits per heavy atom. The minimum absolute atomic E-state index is 0.192. The van der Waals surface area contributed by atoms with Crippen LogP contribution < -0.4 is 0 Å². The molecule has 1 saturated heterocycles. The molecule has 0 spiro atoms. The normalized spacial score (nSPS) is 26.8. The van der Waals surface area contributed by atoms with Gasteiger partial charge in [-0.15, -0.1) is 11.8 Å². The summed E-state index contributed by atoms with van der Waals surface area (Å²) < 4.78 is 13.2. The van der Waals surface area contributed by atoms with Crippen molar-refractivity contribution in [3.63, 3.8) is 0 Å². The Labute approximate surface area is 141 Å². The first-order chi connectivity index (χ1) is 11.3. The van der Waals surface area contributed by atoms with E-state index in [4.69, 9.17) is 0 Å². The second-order valence-electron chi connectivity index (χ2n) is 6.68. The SMILES string of the molecule is CSc1ccc([C@@H]2CN3CC(C[18F])C[C@@H]3c3ccccc32)cc1. The molecule has 0 bridgehead atoms. The molecule has 2 aliphatic heterocycles. The first-order valence-corrected chi connectivity index (χ1v) is 9.55. The summed E-state index contributed by atoms with van der Waals surface area (Å²) >= 11 is 1.78. The number of alkyl halides is 1. The summed E-state index contributed by atoms with van der Waals surface area (Å²) in [6.45, 7) is 1.72. The highest BCUT2D eigenvalue weighted by Crippen LogP contribution is 2.45. The zero-order valence-electron chi connectivity index (χ0n) is 13.4. The molecule has 3 heteroatoms. The Morgan fingerprint density at radius 1 is 1.04 bits per heavy atom. The third kappa shape index (κ3) is 2.70. The van der Waals surface area contributed by atoms with Crippen molar-refractivity contribution >= 4 is 11.8 Å². The molecule has 0 saturated carbocycles. The average Bonchev–Trinajstić information content (AvgIpc) is 3.04. The van der Waals surface area contributed by atoms with Gasteiger partial charge in [0.2, 0.25) is 0 Å². The fourth-order valence-electron chi connectivity index (χ4n) is 4.22. The molecule has 1 nitrogen and oxygen atoms in total. The van der Waals surface area contributed by atoms with E-state index in [0.29, 0.717) is 12.0 Å². The molecule has 0 amide bonds. The van der Waals surface area contributed by atoms with E-state index in [1.54, 1.807) is 11.8 Å². The Hall–Kier alpha value is -1.32. The predicted octanol–water partition coefficient (Wildman–Crippen LogP) is 4.89. The molecule has 2 heterocycles. The number of hydrogen-bond acceptors (Lipinski definition) is 2. The summed E-state index contributed by atoms with van der Waals surface area (Å²) in [6, 6.07) is 18.1. The highest BCUT2D eigenvalue weighted by atomic mass is 32.2. The van der Waals surface area contributed by atoms with Gasteiger partial charge in [-0.3, -0.25) is 9.29 Å². The first-order valence-electron chi connectivity index (χ1n) is 8.33. The van der Waals surface area contributed by atoms with Gasteiger partial charge < -0.3 is 0 Å². The van der Waals surface area contributed by atoms with Crippen molar-refractivity contribution in [2.75, 3.05) is 26.0 Å². The molecule has 0 aromatic heterocycles. The second kappa shape index (κ2) is 6.29. The molecule has 2 aromatic carbocycles. The van der Waals surface area contributed by atoms with Gasteiger partial charge in [-0.2, -0.15) is 0 Å². The van der Waals surface area contributed by atoms with Gasteiger partial charge in [0.25, 0.3) is 0 Å². The number of halogens is 1. The summed E-state index contributed by atoms with van der Waals surface area (Å²) in [4.78, 5) is 3.80. The molecule has 1 unspecified atom stereocenters. The molecular weight excluding hydrogens is 304 g/mol. The van der Waals surface area contributed by atoms with Crippen LogP contribution in [0.4, 0.5) is 4.39 Å². The lowest BCUT2D eigenvalue weighted by molar-refractivity contribution is 0.224. The molecule has 23 heavy (non-hydrogen) atoms. The Morgan fingerprint density at radius 3 is 2.48 bits per heavy atom. The Bertz CT molecular complexity index is 684. The maximum Gasteiger partial charge on any atom is 0.0935 e. The number of fused-ring (bicyclic) bond motifs is 3. The molecule has 3 atom stereocenters. The molecule has 2 aliphatic rings. The van der Waals surface area contributed by atoms with E-state index in [9.17, 15) is 4.39 Å². The van der Waals surface area contributed by atoms with Crippen molar-refractivity contribution in [2.24, 2.45) is 5.92 Å². The van der Waals surface area contributed by atoms with Crippen LogP contribution in [0.2, 0.25) is 0 Å². The summed E-state index contributed by atoms with van der Waals surface area (Å²) in [5.74, 6) is 0.599. The maximum atomic E-state index is 13.2. The summed E-state index contributed by atoms with van der Waals surface area (Å²) in [6.07, 6.45) is 3.07. The first kappa shape index (κ1) is 15.2. The largest absolute Gasteiger partial charge is 0.295 e. The van der Waals surface area contributed by atoms with Crippen molar-refractivity contribution in [2.45, 2.75) is 23.3 Å². The highest BCUT2D eigenvalue weighted by Gasteiger charge is 2.40. The van der Waals surface area contributed by atoms with Crippen LogP contribution in [0, 0.1) is 5.92 Å². The van der Waals surface area contributed by atoms with Crippen LogP contribution in [0.3, 0.4) is 0 Å². The van der Waals surface area contributed by atoms with Crippen LogP contribution in [-0.2, 0) is 0 Å². The van der Waals surface area contributed by atoms with E-state index in [0.717, 1.165) is 19.5 Å². The fraction of sp³-hybridized carbons (Fsp3) is 0.400. The van der Waals surface area contributed by atoms with Gasteiger partial charge in [-0.25, -0.2) is 0 Å². The molecule has 120 valence electrons. The minimum Gasteiger partial charge on any atom is -0.295 e. The number of hydrogen-bond donors (Lipinski definition) is 0. The summed E-state index contributed by atoms with van der Waals surface area (Å²) in [5, 5.41) is 0. The van der Waals surface area contributed by atoms with Crippen LogP contribution in [0.1, 0.15) is 35.1 Å². The Balaban J connectivity index is 1.72. The number of benzene rings is 2. The van der Waals surface area contributed by atoms with Crippen LogP contribution >= 0.6 is 11.8 Å². The molecular formula is C20H22FNS. The van der Waals surface area contributed by atoms with Gasteiger partial charge in [-0.1, -0.05) is 36.4 Å². The predicted molar refractivity (Wildman–Crippen MR) is 94.9 cm³/mol. The van der Waals surface area contributed by atoms with E-state index in [-0.39, 0.29) is 12.6 Å². The third-order valence-electron chi connectivity index (χ3n) is 5.37.